The van der Waals surface area contributed by atoms with Gasteiger partial charge in [-0.2, -0.15) is 0 Å². The molecule has 0 saturated carbocycles. The van der Waals surface area contributed by atoms with Crippen LogP contribution >= 0.6 is 0 Å². The molecule has 0 N–H and O–H groups in total. The van der Waals surface area contributed by atoms with Crippen molar-refractivity contribution in [2.24, 2.45) is 0 Å². The molecule has 5 heteroatoms. The van der Waals surface area contributed by atoms with Gasteiger partial charge in [-0.1, -0.05) is 74.4 Å². The first kappa shape index (κ1) is 23.6. The standard InChI is InChI=1S/C29H24F4O/c1-2-3-4-5-6-20-9-14-25-23(17-20)12-13-24-18-21(10-15-26(24)25)7-8-22-11-16-28(27(30)19-22)34-29(31,32)33/h9-19H,2-6H2,1H3. The smallest absolute Gasteiger partial charge is 0.403 e. The molecule has 0 atom stereocenters. The van der Waals surface area contributed by atoms with Crippen molar-refractivity contribution in [2.45, 2.75) is 45.4 Å². The Labute approximate surface area is 196 Å². The van der Waals surface area contributed by atoms with Gasteiger partial charge in [0.25, 0.3) is 0 Å². The highest BCUT2D eigenvalue weighted by Crippen LogP contribution is 2.28. The van der Waals surface area contributed by atoms with E-state index in [2.05, 4.69) is 53.8 Å². The van der Waals surface area contributed by atoms with E-state index >= 15 is 0 Å². The summed E-state index contributed by atoms with van der Waals surface area (Å²) in [4.78, 5) is 0. The highest BCUT2D eigenvalue weighted by atomic mass is 19.4. The molecule has 34 heavy (non-hydrogen) atoms. The van der Waals surface area contributed by atoms with Gasteiger partial charge in [-0.15, -0.1) is 13.2 Å². The van der Waals surface area contributed by atoms with Crippen molar-refractivity contribution < 1.29 is 22.3 Å². The molecule has 0 aromatic heterocycles. The van der Waals surface area contributed by atoms with Crippen LogP contribution in [0.2, 0.25) is 0 Å². The Morgan fingerprint density at radius 3 is 2.06 bits per heavy atom. The fourth-order valence-electron chi connectivity index (χ4n) is 4.04. The van der Waals surface area contributed by atoms with E-state index < -0.39 is 17.9 Å². The summed E-state index contributed by atoms with van der Waals surface area (Å²) in [6, 6.07) is 19.8. The molecular formula is C29H24F4O. The van der Waals surface area contributed by atoms with E-state index in [1.54, 1.807) is 0 Å². The Morgan fingerprint density at radius 1 is 0.735 bits per heavy atom. The van der Waals surface area contributed by atoms with Crippen LogP contribution in [0.1, 0.15) is 49.3 Å². The molecule has 0 amide bonds. The molecule has 0 bridgehead atoms. The van der Waals surface area contributed by atoms with E-state index in [9.17, 15) is 17.6 Å². The molecule has 0 unspecified atom stereocenters. The Hall–Kier alpha value is -3.52. The Morgan fingerprint density at radius 2 is 1.38 bits per heavy atom. The van der Waals surface area contributed by atoms with Crippen molar-refractivity contribution in [3.8, 4) is 17.6 Å². The first-order valence-corrected chi connectivity index (χ1v) is 11.3. The van der Waals surface area contributed by atoms with Crippen LogP contribution in [0.3, 0.4) is 0 Å². The van der Waals surface area contributed by atoms with E-state index in [0.29, 0.717) is 0 Å². The van der Waals surface area contributed by atoms with Crippen molar-refractivity contribution in [2.75, 3.05) is 0 Å². The number of unbranched alkanes of at least 4 members (excludes halogenated alkanes) is 3. The molecule has 1 nitrogen and oxygen atoms in total. The molecule has 0 saturated heterocycles. The number of benzene rings is 4. The number of rotatable bonds is 6. The van der Waals surface area contributed by atoms with Crippen molar-refractivity contribution in [3.05, 3.63) is 89.2 Å². The monoisotopic (exact) mass is 464 g/mol. The van der Waals surface area contributed by atoms with E-state index in [0.717, 1.165) is 34.9 Å². The first-order valence-electron chi connectivity index (χ1n) is 11.3. The Bertz CT molecular complexity index is 1380. The molecule has 174 valence electrons. The average molecular weight is 465 g/mol. The minimum Gasteiger partial charge on any atom is -0.403 e. The van der Waals surface area contributed by atoms with Crippen molar-refractivity contribution in [3.63, 3.8) is 0 Å². The Balaban J connectivity index is 1.54. The highest BCUT2D eigenvalue weighted by molar-refractivity contribution is 6.07. The summed E-state index contributed by atoms with van der Waals surface area (Å²) in [5.41, 5.74) is 2.34. The van der Waals surface area contributed by atoms with Gasteiger partial charge >= 0.3 is 6.36 Å². The van der Waals surface area contributed by atoms with Gasteiger partial charge in [0, 0.05) is 11.1 Å². The third-order valence-corrected chi connectivity index (χ3v) is 5.73. The van der Waals surface area contributed by atoms with Crippen LogP contribution < -0.4 is 4.74 Å². The zero-order valence-electron chi connectivity index (χ0n) is 18.8. The minimum absolute atomic E-state index is 0.261. The molecule has 0 aliphatic heterocycles. The molecule has 0 heterocycles. The normalized spacial score (nSPS) is 11.4. The molecule has 0 aliphatic carbocycles. The van der Waals surface area contributed by atoms with Crippen molar-refractivity contribution in [1.29, 1.82) is 0 Å². The lowest BCUT2D eigenvalue weighted by molar-refractivity contribution is -0.275. The zero-order chi connectivity index (χ0) is 24.1. The second-order valence-corrected chi connectivity index (χ2v) is 8.31. The van der Waals surface area contributed by atoms with Gasteiger partial charge in [-0.05, 0) is 70.3 Å². The number of aryl methyl sites for hydroxylation is 1. The van der Waals surface area contributed by atoms with E-state index in [1.165, 1.54) is 48.1 Å². The lowest BCUT2D eigenvalue weighted by Crippen LogP contribution is -2.17. The maximum atomic E-state index is 13.9. The minimum atomic E-state index is -4.94. The first-order chi connectivity index (χ1) is 16.3. The van der Waals surface area contributed by atoms with Crippen LogP contribution in [0.15, 0.2) is 66.7 Å². The van der Waals surface area contributed by atoms with Gasteiger partial charge in [0.2, 0.25) is 0 Å². The predicted octanol–water partition coefficient (Wildman–Crippen LogP) is 8.55. The third kappa shape index (κ3) is 5.88. The summed E-state index contributed by atoms with van der Waals surface area (Å²) < 4.78 is 54.4. The lowest BCUT2D eigenvalue weighted by atomic mass is 9.97. The molecule has 0 radical (unpaired) electrons. The predicted molar refractivity (Wildman–Crippen MR) is 128 cm³/mol. The van der Waals surface area contributed by atoms with E-state index in [1.807, 2.05) is 18.2 Å². The second kappa shape index (κ2) is 10.2. The third-order valence-electron chi connectivity index (χ3n) is 5.73. The number of fused-ring (bicyclic) bond motifs is 3. The average Bonchev–Trinajstić information content (AvgIpc) is 2.81. The molecule has 0 aliphatic rings. The summed E-state index contributed by atoms with van der Waals surface area (Å²) in [7, 11) is 0. The highest BCUT2D eigenvalue weighted by Gasteiger charge is 2.32. The zero-order valence-corrected chi connectivity index (χ0v) is 18.8. The number of halogens is 4. The summed E-state index contributed by atoms with van der Waals surface area (Å²) in [5, 5.41) is 4.54. The topological polar surface area (TPSA) is 9.23 Å². The second-order valence-electron chi connectivity index (χ2n) is 8.31. The number of hydrogen-bond donors (Lipinski definition) is 0. The molecule has 0 spiro atoms. The van der Waals surface area contributed by atoms with Crippen LogP contribution in [-0.4, -0.2) is 6.36 Å². The lowest BCUT2D eigenvalue weighted by Gasteiger charge is -2.09. The molecule has 0 fully saturated rings. The van der Waals surface area contributed by atoms with Gasteiger partial charge in [0.15, 0.2) is 11.6 Å². The van der Waals surface area contributed by atoms with Crippen LogP contribution in [0.5, 0.6) is 5.75 Å². The largest absolute Gasteiger partial charge is 0.573 e. The molecule has 4 rings (SSSR count). The SMILES string of the molecule is CCCCCCc1ccc2c(ccc3cc(C#Cc4ccc(OC(F)(F)F)c(F)c4)ccc32)c1. The summed E-state index contributed by atoms with van der Waals surface area (Å²) in [6.45, 7) is 2.21. The van der Waals surface area contributed by atoms with E-state index in [4.69, 9.17) is 0 Å². The van der Waals surface area contributed by atoms with Crippen LogP contribution in [0.4, 0.5) is 17.6 Å². The summed E-state index contributed by atoms with van der Waals surface area (Å²) in [6.07, 6.45) is 1.11. The van der Waals surface area contributed by atoms with E-state index in [-0.39, 0.29) is 5.56 Å². The molecule has 4 aromatic rings. The van der Waals surface area contributed by atoms with Crippen LogP contribution in [0.25, 0.3) is 21.5 Å². The Kier molecular flexibility index (Phi) is 7.07. The summed E-state index contributed by atoms with van der Waals surface area (Å²) >= 11 is 0. The molecule has 4 aromatic carbocycles. The fourth-order valence-corrected chi connectivity index (χ4v) is 4.04. The quantitative estimate of drug-likeness (QED) is 0.120. The number of hydrogen-bond acceptors (Lipinski definition) is 1. The maximum absolute atomic E-state index is 13.9. The summed E-state index contributed by atoms with van der Waals surface area (Å²) in [5.74, 6) is 3.77. The van der Waals surface area contributed by atoms with Crippen LogP contribution in [-0.2, 0) is 6.42 Å². The van der Waals surface area contributed by atoms with Gasteiger partial charge in [0.05, 0.1) is 0 Å². The van der Waals surface area contributed by atoms with Gasteiger partial charge in [-0.3, -0.25) is 0 Å². The molecular weight excluding hydrogens is 440 g/mol. The van der Waals surface area contributed by atoms with Gasteiger partial charge < -0.3 is 4.74 Å². The van der Waals surface area contributed by atoms with Gasteiger partial charge in [-0.25, -0.2) is 4.39 Å². The number of alkyl halides is 3. The van der Waals surface area contributed by atoms with Crippen molar-refractivity contribution in [1.82, 2.24) is 0 Å². The van der Waals surface area contributed by atoms with Crippen LogP contribution in [0, 0.1) is 17.7 Å². The van der Waals surface area contributed by atoms with Gasteiger partial charge in [0.1, 0.15) is 0 Å². The van der Waals surface area contributed by atoms with Crippen molar-refractivity contribution >= 4 is 21.5 Å². The fraction of sp³-hybridized carbons (Fsp3) is 0.241. The maximum Gasteiger partial charge on any atom is 0.573 e. The number of ether oxygens (including phenoxy) is 1.